The quantitative estimate of drug-likeness (QED) is 0.557. The number of hydrogen-bond acceptors (Lipinski definition) is 2. The first-order valence-electron chi connectivity index (χ1n) is 3.79. The second kappa shape index (κ2) is 1.96. The van der Waals surface area contributed by atoms with E-state index >= 15 is 0 Å². The minimum atomic E-state index is 0.00116. The van der Waals surface area contributed by atoms with Gasteiger partial charge in [0.2, 0.25) is 0 Å². The third-order valence-corrected chi connectivity index (χ3v) is 2.16. The SMILES string of the molecule is OC1CC(NC2CC2)C1. The molecular formula is C7H13NO. The van der Waals surface area contributed by atoms with Crippen molar-refractivity contribution in [2.45, 2.75) is 43.9 Å². The molecule has 0 aromatic heterocycles. The van der Waals surface area contributed by atoms with E-state index in [0.717, 1.165) is 18.9 Å². The highest BCUT2D eigenvalue weighted by Gasteiger charge is 2.32. The Bertz CT molecular complexity index is 105. The van der Waals surface area contributed by atoms with Crippen molar-refractivity contribution >= 4 is 0 Å². The minimum Gasteiger partial charge on any atom is -0.393 e. The lowest BCUT2D eigenvalue weighted by Crippen LogP contribution is -2.44. The molecule has 52 valence electrons. The van der Waals surface area contributed by atoms with Gasteiger partial charge < -0.3 is 10.4 Å². The van der Waals surface area contributed by atoms with Gasteiger partial charge in [0.1, 0.15) is 0 Å². The Balaban J connectivity index is 1.64. The minimum absolute atomic E-state index is 0.00116. The second-order valence-electron chi connectivity index (χ2n) is 3.26. The van der Waals surface area contributed by atoms with E-state index in [4.69, 9.17) is 5.11 Å². The Morgan fingerprint density at radius 2 is 1.78 bits per heavy atom. The van der Waals surface area contributed by atoms with E-state index in [1.165, 1.54) is 12.8 Å². The Morgan fingerprint density at radius 3 is 2.22 bits per heavy atom. The maximum Gasteiger partial charge on any atom is 0.0570 e. The molecule has 2 rings (SSSR count). The monoisotopic (exact) mass is 127 g/mol. The van der Waals surface area contributed by atoms with Crippen LogP contribution in [0.2, 0.25) is 0 Å². The molecule has 0 aliphatic heterocycles. The van der Waals surface area contributed by atoms with Crippen LogP contribution < -0.4 is 5.32 Å². The van der Waals surface area contributed by atoms with Gasteiger partial charge in [0, 0.05) is 12.1 Å². The fourth-order valence-electron chi connectivity index (χ4n) is 1.31. The van der Waals surface area contributed by atoms with Gasteiger partial charge in [-0.3, -0.25) is 0 Å². The summed E-state index contributed by atoms with van der Waals surface area (Å²) in [4.78, 5) is 0. The molecule has 0 spiro atoms. The zero-order valence-electron chi connectivity index (χ0n) is 5.51. The molecule has 0 unspecified atom stereocenters. The van der Waals surface area contributed by atoms with E-state index in [-0.39, 0.29) is 6.10 Å². The molecule has 0 aromatic carbocycles. The topological polar surface area (TPSA) is 32.3 Å². The van der Waals surface area contributed by atoms with E-state index in [9.17, 15) is 0 Å². The third-order valence-electron chi connectivity index (χ3n) is 2.16. The molecule has 2 heteroatoms. The van der Waals surface area contributed by atoms with Crippen molar-refractivity contribution in [3.05, 3.63) is 0 Å². The van der Waals surface area contributed by atoms with Gasteiger partial charge in [-0.1, -0.05) is 0 Å². The Kier molecular flexibility index (Phi) is 1.24. The van der Waals surface area contributed by atoms with Gasteiger partial charge in [-0.15, -0.1) is 0 Å². The van der Waals surface area contributed by atoms with Crippen LogP contribution >= 0.6 is 0 Å². The number of nitrogens with one attached hydrogen (secondary N) is 1. The summed E-state index contributed by atoms with van der Waals surface area (Å²) < 4.78 is 0. The van der Waals surface area contributed by atoms with Crippen molar-refractivity contribution < 1.29 is 5.11 Å². The van der Waals surface area contributed by atoms with Gasteiger partial charge in [0.25, 0.3) is 0 Å². The van der Waals surface area contributed by atoms with Crippen LogP contribution in [0.25, 0.3) is 0 Å². The van der Waals surface area contributed by atoms with E-state index in [2.05, 4.69) is 5.32 Å². The van der Waals surface area contributed by atoms with E-state index in [0.29, 0.717) is 6.04 Å². The zero-order valence-corrected chi connectivity index (χ0v) is 5.51. The molecule has 2 N–H and O–H groups in total. The van der Waals surface area contributed by atoms with E-state index in [1.807, 2.05) is 0 Å². The first kappa shape index (κ1) is 5.69. The summed E-state index contributed by atoms with van der Waals surface area (Å²) >= 11 is 0. The van der Waals surface area contributed by atoms with Gasteiger partial charge in [0.15, 0.2) is 0 Å². The van der Waals surface area contributed by atoms with Gasteiger partial charge in [-0.2, -0.15) is 0 Å². The molecule has 2 fully saturated rings. The summed E-state index contributed by atoms with van der Waals surface area (Å²) in [6, 6.07) is 1.45. The maximum absolute atomic E-state index is 8.91. The first-order valence-corrected chi connectivity index (χ1v) is 3.79. The van der Waals surface area contributed by atoms with Crippen LogP contribution in [0.5, 0.6) is 0 Å². The van der Waals surface area contributed by atoms with Crippen molar-refractivity contribution in [1.29, 1.82) is 0 Å². The largest absolute Gasteiger partial charge is 0.393 e. The molecule has 0 saturated heterocycles. The predicted molar refractivity (Wildman–Crippen MR) is 35.2 cm³/mol. The fraction of sp³-hybridized carbons (Fsp3) is 1.00. The van der Waals surface area contributed by atoms with Crippen molar-refractivity contribution in [3.63, 3.8) is 0 Å². The van der Waals surface area contributed by atoms with Crippen molar-refractivity contribution in [3.8, 4) is 0 Å². The Labute approximate surface area is 55.3 Å². The highest BCUT2D eigenvalue weighted by atomic mass is 16.3. The lowest BCUT2D eigenvalue weighted by atomic mass is 9.89. The molecule has 2 saturated carbocycles. The van der Waals surface area contributed by atoms with Crippen LogP contribution in [0.3, 0.4) is 0 Å². The van der Waals surface area contributed by atoms with Gasteiger partial charge in [-0.05, 0) is 25.7 Å². The van der Waals surface area contributed by atoms with Gasteiger partial charge in [-0.25, -0.2) is 0 Å². The smallest absolute Gasteiger partial charge is 0.0570 e. The molecule has 0 bridgehead atoms. The highest BCUT2D eigenvalue weighted by Crippen LogP contribution is 2.26. The lowest BCUT2D eigenvalue weighted by molar-refractivity contribution is 0.0619. The summed E-state index contributed by atoms with van der Waals surface area (Å²) in [5.41, 5.74) is 0. The average Bonchev–Trinajstić information content (AvgIpc) is 2.45. The van der Waals surface area contributed by atoms with Crippen LogP contribution in [0.4, 0.5) is 0 Å². The molecule has 2 aliphatic rings. The van der Waals surface area contributed by atoms with Crippen molar-refractivity contribution in [2.24, 2.45) is 0 Å². The van der Waals surface area contributed by atoms with Gasteiger partial charge in [0.05, 0.1) is 6.10 Å². The molecule has 9 heavy (non-hydrogen) atoms. The van der Waals surface area contributed by atoms with Gasteiger partial charge >= 0.3 is 0 Å². The molecule has 0 atom stereocenters. The number of hydrogen-bond donors (Lipinski definition) is 2. The lowest BCUT2D eigenvalue weighted by Gasteiger charge is -2.32. The summed E-state index contributed by atoms with van der Waals surface area (Å²) in [7, 11) is 0. The van der Waals surface area contributed by atoms with Crippen LogP contribution in [0.1, 0.15) is 25.7 Å². The summed E-state index contributed by atoms with van der Waals surface area (Å²) in [5.74, 6) is 0. The van der Waals surface area contributed by atoms with Crippen molar-refractivity contribution in [1.82, 2.24) is 5.32 Å². The maximum atomic E-state index is 8.91. The normalized spacial score (nSPS) is 42.3. The number of aliphatic hydroxyl groups excluding tert-OH is 1. The van der Waals surface area contributed by atoms with Crippen LogP contribution in [-0.2, 0) is 0 Å². The molecule has 0 radical (unpaired) electrons. The molecule has 0 amide bonds. The molecule has 2 nitrogen and oxygen atoms in total. The summed E-state index contributed by atoms with van der Waals surface area (Å²) in [5, 5.41) is 12.4. The van der Waals surface area contributed by atoms with Crippen LogP contribution in [0, 0.1) is 0 Å². The summed E-state index contributed by atoms with van der Waals surface area (Å²) in [6.45, 7) is 0. The standard InChI is InChI=1S/C7H13NO/c9-7-3-6(4-7)8-5-1-2-5/h5-9H,1-4H2. The number of aliphatic hydroxyl groups is 1. The highest BCUT2D eigenvalue weighted by molar-refractivity contribution is 4.91. The second-order valence-corrected chi connectivity index (χ2v) is 3.26. The molecule has 0 heterocycles. The zero-order chi connectivity index (χ0) is 6.27. The average molecular weight is 127 g/mol. The molecule has 0 aromatic rings. The Morgan fingerprint density at radius 1 is 1.11 bits per heavy atom. The van der Waals surface area contributed by atoms with Crippen LogP contribution in [0.15, 0.2) is 0 Å². The number of rotatable bonds is 2. The molecule has 2 aliphatic carbocycles. The van der Waals surface area contributed by atoms with Crippen molar-refractivity contribution in [2.75, 3.05) is 0 Å². The van der Waals surface area contributed by atoms with E-state index in [1.54, 1.807) is 0 Å². The first-order chi connectivity index (χ1) is 4.34. The van der Waals surface area contributed by atoms with E-state index < -0.39 is 0 Å². The summed E-state index contributed by atoms with van der Waals surface area (Å²) in [6.07, 6.45) is 4.67. The predicted octanol–water partition coefficient (Wildman–Crippen LogP) is 0.262. The third kappa shape index (κ3) is 1.25. The molecular weight excluding hydrogens is 114 g/mol. The van der Waals surface area contributed by atoms with Crippen LogP contribution in [-0.4, -0.2) is 23.3 Å². The fourth-order valence-corrected chi connectivity index (χ4v) is 1.31. The Hall–Kier alpha value is -0.0800.